The van der Waals surface area contributed by atoms with Gasteiger partial charge in [0.2, 0.25) is 0 Å². The Kier molecular flexibility index (Phi) is 6.96. The number of fused-ring (bicyclic) bond motifs is 1. The van der Waals surface area contributed by atoms with Crippen molar-refractivity contribution >= 4 is 5.78 Å². The van der Waals surface area contributed by atoms with Gasteiger partial charge in [0.15, 0.2) is 5.78 Å². The summed E-state index contributed by atoms with van der Waals surface area (Å²) in [6.45, 7) is 2.91. The number of carbonyl (C=O) groups excluding carboxylic acids is 1. The van der Waals surface area contributed by atoms with Crippen LogP contribution in [-0.2, 0) is 0 Å². The van der Waals surface area contributed by atoms with Gasteiger partial charge in [-0.05, 0) is 38.6 Å². The van der Waals surface area contributed by atoms with Crippen molar-refractivity contribution in [1.82, 2.24) is 4.90 Å². The Morgan fingerprint density at radius 3 is 2.96 bits per heavy atom. The van der Waals surface area contributed by atoms with Crippen molar-refractivity contribution in [2.75, 3.05) is 33.4 Å². The standard InChI is InChI=1S/C19H25NO3/c1-3-11-20(2)12-6-4-5-7-13-22-16-8-9-17-18(21)10-14-23-19(17)15-16/h1,8-9,15H,4-7,10-14H2,2H3. The molecule has 0 aliphatic carbocycles. The van der Waals surface area contributed by atoms with Crippen LogP contribution < -0.4 is 9.47 Å². The molecule has 23 heavy (non-hydrogen) atoms. The average Bonchev–Trinajstić information content (AvgIpc) is 2.54. The van der Waals surface area contributed by atoms with Crippen molar-refractivity contribution in [2.45, 2.75) is 32.1 Å². The topological polar surface area (TPSA) is 38.8 Å². The maximum Gasteiger partial charge on any atom is 0.169 e. The van der Waals surface area contributed by atoms with Crippen LogP contribution in [0.5, 0.6) is 11.5 Å². The van der Waals surface area contributed by atoms with Crippen molar-refractivity contribution in [3.8, 4) is 23.8 Å². The Morgan fingerprint density at radius 1 is 1.30 bits per heavy atom. The molecular weight excluding hydrogens is 290 g/mol. The van der Waals surface area contributed by atoms with Crippen molar-refractivity contribution in [3.05, 3.63) is 23.8 Å². The second-order valence-corrected chi connectivity index (χ2v) is 5.88. The molecule has 0 amide bonds. The molecule has 2 rings (SSSR count). The van der Waals surface area contributed by atoms with Crippen LogP contribution in [0.4, 0.5) is 0 Å². The van der Waals surface area contributed by atoms with Gasteiger partial charge in [0.1, 0.15) is 11.5 Å². The van der Waals surface area contributed by atoms with Crippen molar-refractivity contribution < 1.29 is 14.3 Å². The van der Waals surface area contributed by atoms with E-state index in [-0.39, 0.29) is 5.78 Å². The third-order valence-corrected chi connectivity index (χ3v) is 3.90. The van der Waals surface area contributed by atoms with Gasteiger partial charge in [-0.1, -0.05) is 18.8 Å². The fourth-order valence-electron chi connectivity index (χ4n) is 2.59. The van der Waals surface area contributed by atoms with E-state index in [4.69, 9.17) is 15.9 Å². The molecular formula is C19H25NO3. The van der Waals surface area contributed by atoms with Crippen LogP contribution in [0.25, 0.3) is 0 Å². The third kappa shape index (κ3) is 5.61. The predicted octanol–water partition coefficient (Wildman–Crippen LogP) is 3.16. The highest BCUT2D eigenvalue weighted by molar-refractivity contribution is 5.99. The van der Waals surface area contributed by atoms with Gasteiger partial charge >= 0.3 is 0 Å². The van der Waals surface area contributed by atoms with Crippen LogP contribution in [0.3, 0.4) is 0 Å². The first kappa shape index (κ1) is 17.4. The molecule has 0 N–H and O–H groups in total. The van der Waals surface area contributed by atoms with E-state index in [2.05, 4.69) is 10.8 Å². The zero-order valence-corrected chi connectivity index (χ0v) is 13.8. The highest BCUT2D eigenvalue weighted by atomic mass is 16.5. The zero-order valence-electron chi connectivity index (χ0n) is 13.8. The molecule has 1 aliphatic heterocycles. The monoisotopic (exact) mass is 315 g/mol. The lowest BCUT2D eigenvalue weighted by atomic mass is 10.1. The van der Waals surface area contributed by atoms with Crippen molar-refractivity contribution in [3.63, 3.8) is 0 Å². The molecule has 1 aromatic rings. The minimum Gasteiger partial charge on any atom is -0.493 e. The van der Waals surface area contributed by atoms with Crippen molar-refractivity contribution in [1.29, 1.82) is 0 Å². The van der Waals surface area contributed by atoms with Gasteiger partial charge in [-0.3, -0.25) is 9.69 Å². The number of benzene rings is 1. The van der Waals surface area contributed by atoms with E-state index in [0.29, 0.717) is 37.5 Å². The molecule has 0 atom stereocenters. The highest BCUT2D eigenvalue weighted by Gasteiger charge is 2.18. The Labute approximate surface area is 138 Å². The van der Waals surface area contributed by atoms with Gasteiger partial charge in [-0.15, -0.1) is 6.42 Å². The fraction of sp³-hybridized carbons (Fsp3) is 0.526. The predicted molar refractivity (Wildman–Crippen MR) is 91.2 cm³/mol. The lowest BCUT2D eigenvalue weighted by molar-refractivity contribution is 0.0933. The lowest BCUT2D eigenvalue weighted by Gasteiger charge is -2.17. The number of carbonyl (C=O) groups is 1. The Balaban J connectivity index is 1.62. The van der Waals surface area contributed by atoms with E-state index in [1.54, 1.807) is 6.07 Å². The number of hydrogen-bond donors (Lipinski definition) is 0. The minimum atomic E-state index is 0.146. The van der Waals surface area contributed by atoms with Crippen LogP contribution in [-0.4, -0.2) is 44.0 Å². The number of ether oxygens (including phenoxy) is 2. The molecule has 4 heteroatoms. The normalized spacial score (nSPS) is 13.3. The Bertz CT molecular complexity index is 562. The molecule has 0 saturated heterocycles. The van der Waals surface area contributed by atoms with E-state index in [1.165, 1.54) is 6.42 Å². The average molecular weight is 315 g/mol. The van der Waals surface area contributed by atoms with E-state index in [0.717, 1.165) is 31.6 Å². The summed E-state index contributed by atoms with van der Waals surface area (Å²) in [4.78, 5) is 13.9. The summed E-state index contributed by atoms with van der Waals surface area (Å²) < 4.78 is 11.3. The minimum absolute atomic E-state index is 0.146. The Hall–Kier alpha value is -1.99. The lowest BCUT2D eigenvalue weighted by Crippen LogP contribution is -2.19. The summed E-state index contributed by atoms with van der Waals surface area (Å²) in [5.74, 6) is 4.21. The SMILES string of the molecule is C#CCN(C)CCCCCCOc1ccc2c(c1)OCCC2=O. The van der Waals surface area contributed by atoms with Gasteiger partial charge in [0.25, 0.3) is 0 Å². The summed E-state index contributed by atoms with van der Waals surface area (Å²) in [5.41, 5.74) is 0.666. The molecule has 0 saturated carbocycles. The maximum atomic E-state index is 11.7. The second kappa shape index (κ2) is 9.22. The van der Waals surface area contributed by atoms with E-state index >= 15 is 0 Å². The van der Waals surface area contributed by atoms with Crippen LogP contribution in [0.15, 0.2) is 18.2 Å². The molecule has 1 aromatic carbocycles. The van der Waals surface area contributed by atoms with Crippen LogP contribution in [0.1, 0.15) is 42.5 Å². The summed E-state index contributed by atoms with van der Waals surface area (Å²) in [6, 6.07) is 5.47. The first-order chi connectivity index (χ1) is 11.2. The molecule has 1 heterocycles. The molecule has 0 unspecified atom stereocenters. The van der Waals surface area contributed by atoms with Crippen LogP contribution in [0.2, 0.25) is 0 Å². The van der Waals surface area contributed by atoms with Crippen molar-refractivity contribution in [2.24, 2.45) is 0 Å². The molecule has 0 aromatic heterocycles. The van der Waals surface area contributed by atoms with Gasteiger partial charge in [-0.2, -0.15) is 0 Å². The molecule has 0 bridgehead atoms. The van der Waals surface area contributed by atoms with Gasteiger partial charge in [-0.25, -0.2) is 0 Å². The maximum absolute atomic E-state index is 11.7. The molecule has 124 valence electrons. The first-order valence-electron chi connectivity index (χ1n) is 8.25. The third-order valence-electron chi connectivity index (χ3n) is 3.90. The number of unbranched alkanes of at least 4 members (excludes halogenated alkanes) is 3. The smallest absolute Gasteiger partial charge is 0.169 e. The summed E-state index contributed by atoms with van der Waals surface area (Å²) in [5, 5.41) is 0. The summed E-state index contributed by atoms with van der Waals surface area (Å²) in [7, 11) is 2.05. The number of hydrogen-bond acceptors (Lipinski definition) is 4. The number of nitrogens with zero attached hydrogens (tertiary/aromatic N) is 1. The van der Waals surface area contributed by atoms with Gasteiger partial charge in [0.05, 0.1) is 25.3 Å². The summed E-state index contributed by atoms with van der Waals surface area (Å²) >= 11 is 0. The second-order valence-electron chi connectivity index (χ2n) is 5.88. The highest BCUT2D eigenvalue weighted by Crippen LogP contribution is 2.29. The van der Waals surface area contributed by atoms with E-state index < -0.39 is 0 Å². The van der Waals surface area contributed by atoms with Gasteiger partial charge in [0, 0.05) is 12.5 Å². The zero-order chi connectivity index (χ0) is 16.5. The Morgan fingerprint density at radius 2 is 2.13 bits per heavy atom. The molecule has 4 nitrogen and oxygen atoms in total. The molecule has 0 fully saturated rings. The van der Waals surface area contributed by atoms with E-state index in [1.807, 2.05) is 19.2 Å². The number of rotatable bonds is 9. The first-order valence-corrected chi connectivity index (χ1v) is 8.25. The number of ketones is 1. The number of terminal acetylenes is 1. The number of Topliss-reactive ketones (excluding diaryl/α,β-unsaturated/α-hetero) is 1. The van der Waals surface area contributed by atoms with Crippen LogP contribution in [0, 0.1) is 12.3 Å². The fourth-order valence-corrected chi connectivity index (χ4v) is 2.59. The van der Waals surface area contributed by atoms with Crippen LogP contribution >= 0.6 is 0 Å². The summed E-state index contributed by atoms with van der Waals surface area (Å²) in [6.07, 6.45) is 10.2. The molecule has 0 radical (unpaired) electrons. The van der Waals surface area contributed by atoms with Gasteiger partial charge < -0.3 is 9.47 Å². The molecule has 1 aliphatic rings. The largest absolute Gasteiger partial charge is 0.493 e. The van der Waals surface area contributed by atoms with E-state index in [9.17, 15) is 4.79 Å². The molecule has 0 spiro atoms. The quantitative estimate of drug-likeness (QED) is 0.518.